The number of hydrogen-bond donors (Lipinski definition) is 2. The summed E-state index contributed by atoms with van der Waals surface area (Å²) >= 11 is 0. The molecule has 5 rings (SSSR count). The second-order valence-electron chi connectivity index (χ2n) is 8.65. The monoisotopic (exact) mass is 533 g/mol. The minimum atomic E-state index is -4.47. The highest BCUT2D eigenvalue weighted by molar-refractivity contribution is 5.95. The quantitative estimate of drug-likeness (QED) is 0.405. The van der Waals surface area contributed by atoms with Crippen molar-refractivity contribution in [1.82, 2.24) is 4.57 Å². The lowest BCUT2D eigenvalue weighted by Gasteiger charge is -2.26. The van der Waals surface area contributed by atoms with Gasteiger partial charge in [-0.15, -0.1) is 8.78 Å². The highest BCUT2D eigenvalue weighted by Gasteiger charge is 2.52. The van der Waals surface area contributed by atoms with E-state index >= 15 is 4.39 Å². The number of ether oxygens (including phenoxy) is 2. The third-order valence-corrected chi connectivity index (χ3v) is 6.01. The second-order valence-corrected chi connectivity index (χ2v) is 8.65. The smallest absolute Gasteiger partial charge is 0.395 e. The molecule has 1 aromatic heterocycles. The van der Waals surface area contributed by atoms with Gasteiger partial charge < -0.3 is 24.3 Å². The first-order chi connectivity index (χ1) is 23.8. The number of hydrogen-bond acceptors (Lipinski definition) is 5. The maximum atomic E-state index is 16.4. The van der Waals surface area contributed by atoms with E-state index in [4.69, 9.17) is 21.9 Å². The van der Waals surface area contributed by atoms with Crippen molar-refractivity contribution in [3.63, 3.8) is 0 Å². The number of aliphatic hydroxyl groups is 2. The summed E-state index contributed by atoms with van der Waals surface area (Å²) in [6.07, 6.45) is -16.8. The molecule has 2 aromatic carbocycles. The fourth-order valence-electron chi connectivity index (χ4n) is 3.73. The fraction of sp³-hybridized carbons (Fsp3) is 0.464. The van der Waals surface area contributed by atoms with Crippen LogP contribution in [0.3, 0.4) is 0 Å². The van der Waals surface area contributed by atoms with Crippen molar-refractivity contribution in [2.45, 2.75) is 76.0 Å². The van der Waals surface area contributed by atoms with Crippen LogP contribution < -0.4 is 9.47 Å². The van der Waals surface area contributed by atoms with Crippen molar-refractivity contribution < 1.29 is 59.6 Å². The average Bonchev–Trinajstić information content (AvgIpc) is 3.34. The number of carbonyl (C=O) groups excluding carboxylic acids is 1. The van der Waals surface area contributed by atoms with Crippen LogP contribution in [0.25, 0.3) is 10.9 Å². The maximum Gasteiger partial charge on any atom is 0.586 e. The lowest BCUT2D eigenvalue weighted by molar-refractivity contribution is -0.286. The summed E-state index contributed by atoms with van der Waals surface area (Å²) in [7, 11) is 0. The Kier molecular flexibility index (Phi) is 3.00. The Morgan fingerprint density at radius 2 is 2.05 bits per heavy atom. The number of aromatic nitrogens is 1. The number of ketones is 1. The average molecular weight is 534 g/mol. The van der Waals surface area contributed by atoms with E-state index in [0.29, 0.717) is 0 Å². The first-order valence-corrected chi connectivity index (χ1v) is 10.9. The number of rotatable bonds is 9. The predicted molar refractivity (Wildman–Crippen MR) is 131 cm³/mol. The largest absolute Gasteiger partial charge is 0.586 e. The number of fused-ring (bicyclic) bond motifs is 2. The van der Waals surface area contributed by atoms with E-state index in [0.717, 1.165) is 6.92 Å². The van der Waals surface area contributed by atoms with Crippen LogP contribution in [-0.4, -0.2) is 39.5 Å². The molecule has 2 heterocycles. The van der Waals surface area contributed by atoms with Gasteiger partial charge in [-0.2, -0.15) is 0 Å². The van der Waals surface area contributed by atoms with E-state index in [2.05, 4.69) is 9.47 Å². The summed E-state index contributed by atoms with van der Waals surface area (Å²) in [4.78, 5) is 14.2. The molecule has 1 saturated carbocycles. The van der Waals surface area contributed by atoms with Crippen LogP contribution in [0, 0.1) is 5.82 Å². The van der Waals surface area contributed by atoms with Crippen LogP contribution in [0.5, 0.6) is 11.5 Å². The normalized spacial score (nSPS) is 30.1. The Labute approximate surface area is 235 Å². The first-order valence-electron chi connectivity index (χ1n) is 18.9. The highest BCUT2D eigenvalue weighted by atomic mass is 19.3. The number of benzene rings is 2. The number of nitrogens with zero attached hydrogens (tertiary/aromatic N) is 1. The van der Waals surface area contributed by atoms with Crippen molar-refractivity contribution >= 4 is 16.7 Å². The highest BCUT2D eigenvalue weighted by Crippen LogP contribution is 2.52. The van der Waals surface area contributed by atoms with Crippen molar-refractivity contribution in [3.8, 4) is 11.5 Å². The van der Waals surface area contributed by atoms with Gasteiger partial charge in [-0.25, -0.2) is 4.39 Å². The molecule has 1 unspecified atom stereocenters. The van der Waals surface area contributed by atoms with Crippen LogP contribution in [0.1, 0.15) is 78.6 Å². The van der Waals surface area contributed by atoms with Gasteiger partial charge in [0.15, 0.2) is 11.5 Å². The van der Waals surface area contributed by atoms with Gasteiger partial charge in [-0.1, -0.05) is 26.7 Å². The molecule has 0 spiro atoms. The van der Waals surface area contributed by atoms with E-state index in [1.165, 1.54) is 6.92 Å². The van der Waals surface area contributed by atoms with E-state index in [1.54, 1.807) is 0 Å². The Balaban J connectivity index is 1.84. The standard InChI is InChI=1S/C28H30F3NO5/c1-4-26(2,3)24-10-17-9-16(20(29)13-21(17)32(24)14-19(34)15-33)11-25(35)27(7-8-27)18-5-6-22-23(12-18)37-28(30,31)36-22/h5-6,9-10,12-13,19,33-34H,4,7-8,11,14-15H2,1-3H3/t19-/m0/s1/i2D3,5D,6D,7D2,8D2,9D,10D,12D,13D,14D2,19D/t19-,26?. The van der Waals surface area contributed by atoms with Gasteiger partial charge in [0.2, 0.25) is 0 Å². The summed E-state index contributed by atoms with van der Waals surface area (Å²) < 4.78 is 188. The Morgan fingerprint density at radius 3 is 2.70 bits per heavy atom. The van der Waals surface area contributed by atoms with Gasteiger partial charge >= 0.3 is 6.29 Å². The molecule has 1 aliphatic heterocycles. The molecule has 1 aliphatic carbocycles. The number of Topliss-reactive ketones (excluding diaryl/α,β-unsaturated/α-hetero) is 1. The SMILES string of the molecule is [2H]c1c([2H])c(C2(C(=O)Cc3c(F)c([2H])c4c(c3[2H])c([2H])c(C(C)(CC)C([2H])([2H])[2H])n4C([2H])([2H])[C@]([2H])(O)CO)C([2H])([2H])C2([2H])[2H])c([2H])c2c1OC(F)(F)O2. The zero-order valence-electron chi connectivity index (χ0n) is 35.3. The minimum absolute atomic E-state index is 0.162. The molecule has 9 heteroatoms. The molecule has 1 fully saturated rings. The van der Waals surface area contributed by atoms with Crippen LogP contribution in [-0.2, 0) is 28.5 Å². The van der Waals surface area contributed by atoms with Gasteiger partial charge in [0, 0.05) is 32.5 Å². The molecule has 2 N–H and O–H groups in total. The summed E-state index contributed by atoms with van der Waals surface area (Å²) in [6, 6.07) is -7.56. The molecule has 2 atom stereocenters. The fourth-order valence-corrected chi connectivity index (χ4v) is 3.73. The topological polar surface area (TPSA) is 80.9 Å². The molecule has 6 nitrogen and oxygen atoms in total. The molecule has 2 aliphatic rings. The summed E-state index contributed by atoms with van der Waals surface area (Å²) in [5, 5.41) is 19.4. The number of carbonyl (C=O) groups is 1. The minimum Gasteiger partial charge on any atom is -0.395 e. The zero-order valence-corrected chi connectivity index (χ0v) is 19.3. The Bertz CT molecular complexity index is 2090. The zero-order chi connectivity index (χ0) is 40.8. The molecule has 0 amide bonds. The van der Waals surface area contributed by atoms with Gasteiger partial charge in [-0.3, -0.25) is 4.79 Å². The summed E-state index contributed by atoms with van der Waals surface area (Å²) in [5.41, 5.74) is -9.94. The third kappa shape index (κ3) is 4.48. The molecular formula is C28H30F3NO5. The van der Waals surface area contributed by atoms with Crippen molar-refractivity contribution in [2.75, 3.05) is 6.61 Å². The van der Waals surface area contributed by atoms with E-state index in [1.807, 2.05) is 0 Å². The number of aliphatic hydroxyl groups excluding tert-OH is 1. The van der Waals surface area contributed by atoms with Crippen molar-refractivity contribution in [1.29, 1.82) is 0 Å². The van der Waals surface area contributed by atoms with Gasteiger partial charge in [0.1, 0.15) is 11.6 Å². The number of alkyl halides is 2. The van der Waals surface area contributed by atoms with E-state index in [-0.39, 0.29) is 4.57 Å². The lowest BCUT2D eigenvalue weighted by atomic mass is 9.86. The van der Waals surface area contributed by atoms with E-state index in [9.17, 15) is 23.8 Å². The second kappa shape index (κ2) is 8.77. The van der Waals surface area contributed by atoms with Crippen molar-refractivity contribution in [3.05, 3.63) is 58.9 Å². The summed E-state index contributed by atoms with van der Waals surface area (Å²) in [5.74, 6) is -5.94. The molecular weight excluding hydrogens is 487 g/mol. The third-order valence-electron chi connectivity index (χ3n) is 6.01. The van der Waals surface area contributed by atoms with Gasteiger partial charge in [0.25, 0.3) is 0 Å². The lowest BCUT2D eigenvalue weighted by Crippen LogP contribution is -2.26. The van der Waals surface area contributed by atoms with Crippen LogP contribution in [0.2, 0.25) is 0 Å². The molecule has 0 saturated heterocycles. The van der Waals surface area contributed by atoms with Crippen LogP contribution in [0.4, 0.5) is 13.2 Å². The summed E-state index contributed by atoms with van der Waals surface area (Å²) in [6.45, 7) is -6.05. The molecule has 37 heavy (non-hydrogen) atoms. The van der Waals surface area contributed by atoms with Crippen LogP contribution in [0.15, 0.2) is 36.3 Å². The molecule has 198 valence electrons. The molecule has 0 radical (unpaired) electrons. The van der Waals surface area contributed by atoms with Crippen molar-refractivity contribution in [2.24, 2.45) is 0 Å². The van der Waals surface area contributed by atoms with E-state index < -0.39 is 156 Å². The Morgan fingerprint density at radius 1 is 1.32 bits per heavy atom. The maximum absolute atomic E-state index is 16.4. The predicted octanol–water partition coefficient (Wildman–Crippen LogP) is 4.99. The number of halogens is 3. The Hall–Kier alpha value is -3.04. The van der Waals surface area contributed by atoms with Gasteiger partial charge in [0.05, 0.1) is 42.5 Å². The molecule has 3 aromatic rings. The van der Waals surface area contributed by atoms with Crippen LogP contribution >= 0.6 is 0 Å². The van der Waals surface area contributed by atoms with Gasteiger partial charge in [-0.05, 0) is 60.5 Å². The first kappa shape index (κ1) is 12.7. The molecule has 0 bridgehead atoms.